The molecule has 2 heterocycles. The molecule has 0 unspecified atom stereocenters. The molecule has 0 fully saturated rings. The molecular weight excluding hydrogens is 350 g/mol. The van der Waals surface area contributed by atoms with Crippen LogP contribution in [0.2, 0.25) is 0 Å². The normalized spacial score (nSPS) is 12.0. The molecule has 0 amide bonds. The van der Waals surface area contributed by atoms with Crippen LogP contribution in [0, 0.1) is 6.92 Å². The summed E-state index contributed by atoms with van der Waals surface area (Å²) in [5.74, 6) is 1.49. The molecule has 0 aliphatic carbocycles. The first-order chi connectivity index (χ1) is 13.7. The molecule has 4 rings (SSSR count). The minimum Gasteiger partial charge on any atom is -0.497 e. The number of benzene rings is 2. The summed E-state index contributed by atoms with van der Waals surface area (Å²) >= 11 is 0. The van der Waals surface area contributed by atoms with Crippen LogP contribution in [-0.2, 0) is 0 Å². The van der Waals surface area contributed by atoms with Gasteiger partial charge in [0.25, 0.3) is 0 Å². The van der Waals surface area contributed by atoms with Gasteiger partial charge in [-0.1, -0.05) is 18.2 Å². The summed E-state index contributed by atoms with van der Waals surface area (Å²) in [7, 11) is 3.31. The summed E-state index contributed by atoms with van der Waals surface area (Å²) in [6.07, 6.45) is 3.64. The molecule has 2 aromatic carbocycles. The van der Waals surface area contributed by atoms with Crippen LogP contribution in [0.3, 0.4) is 0 Å². The van der Waals surface area contributed by atoms with Crippen LogP contribution in [0.25, 0.3) is 10.9 Å². The van der Waals surface area contributed by atoms with E-state index in [1.54, 1.807) is 14.2 Å². The zero-order chi connectivity index (χ0) is 19.5. The number of ether oxygens (including phenoxy) is 2. The number of hydrogen-bond acceptors (Lipinski definition) is 4. The van der Waals surface area contributed by atoms with Crippen molar-refractivity contribution in [3.8, 4) is 11.5 Å². The second-order valence-electron chi connectivity index (χ2n) is 6.63. The third-order valence-electron chi connectivity index (χ3n) is 4.98. The predicted molar refractivity (Wildman–Crippen MR) is 112 cm³/mol. The molecule has 1 atom stereocenters. The molecule has 0 saturated heterocycles. The van der Waals surface area contributed by atoms with Crippen molar-refractivity contribution >= 4 is 16.6 Å². The number of nitrogens with one attached hydrogen (secondary N) is 2. The molecule has 142 valence electrons. The molecular formula is C23H23N3O2. The Bertz CT molecular complexity index is 1090. The average molecular weight is 373 g/mol. The van der Waals surface area contributed by atoms with E-state index in [2.05, 4.69) is 40.4 Å². The Morgan fingerprint density at radius 3 is 2.50 bits per heavy atom. The fourth-order valence-electron chi connectivity index (χ4n) is 3.62. The summed E-state index contributed by atoms with van der Waals surface area (Å²) in [6.45, 7) is 2.11. The number of pyridine rings is 1. The molecule has 28 heavy (non-hydrogen) atoms. The first kappa shape index (κ1) is 17.9. The number of fused-ring (bicyclic) bond motifs is 1. The number of aromatic amines is 1. The standard InChI is InChI=1S/C23H23N3O2/c1-15-22(18-6-4-5-7-19(18)25-15)23(16-10-12-24-13-11-16)26-20-9-8-17(27-2)14-21(20)28-3/h4-14,23,25-26H,1-3H3/t23-/m1/s1. The van der Waals surface area contributed by atoms with Gasteiger partial charge in [0.05, 0.1) is 25.9 Å². The summed E-state index contributed by atoms with van der Waals surface area (Å²) < 4.78 is 10.9. The van der Waals surface area contributed by atoms with Gasteiger partial charge in [-0.3, -0.25) is 4.98 Å². The van der Waals surface area contributed by atoms with Crippen molar-refractivity contribution in [2.45, 2.75) is 13.0 Å². The highest BCUT2D eigenvalue weighted by atomic mass is 16.5. The van der Waals surface area contributed by atoms with Crippen molar-refractivity contribution in [1.82, 2.24) is 9.97 Å². The van der Waals surface area contributed by atoms with Gasteiger partial charge < -0.3 is 19.8 Å². The van der Waals surface area contributed by atoms with Crippen molar-refractivity contribution in [3.63, 3.8) is 0 Å². The Kier molecular flexibility index (Phi) is 4.89. The second-order valence-corrected chi connectivity index (χ2v) is 6.63. The Labute approximate surface area is 164 Å². The molecule has 0 saturated carbocycles. The smallest absolute Gasteiger partial charge is 0.145 e. The van der Waals surface area contributed by atoms with E-state index in [-0.39, 0.29) is 6.04 Å². The largest absolute Gasteiger partial charge is 0.497 e. The molecule has 5 heteroatoms. The third-order valence-corrected chi connectivity index (χ3v) is 4.98. The van der Waals surface area contributed by atoms with E-state index in [1.165, 1.54) is 10.9 Å². The molecule has 2 N–H and O–H groups in total. The average Bonchev–Trinajstić information content (AvgIpc) is 3.08. The lowest BCUT2D eigenvalue weighted by Gasteiger charge is -2.23. The van der Waals surface area contributed by atoms with E-state index in [0.29, 0.717) is 0 Å². The Morgan fingerprint density at radius 1 is 0.964 bits per heavy atom. The van der Waals surface area contributed by atoms with E-state index in [4.69, 9.17) is 9.47 Å². The maximum absolute atomic E-state index is 5.60. The molecule has 5 nitrogen and oxygen atoms in total. The molecule has 0 radical (unpaired) electrons. The Morgan fingerprint density at radius 2 is 1.75 bits per heavy atom. The maximum atomic E-state index is 5.60. The quantitative estimate of drug-likeness (QED) is 0.494. The minimum absolute atomic E-state index is 0.0681. The SMILES string of the molecule is COc1ccc(N[C@H](c2ccncc2)c2c(C)[nH]c3ccccc23)c(OC)c1. The number of hydrogen-bond donors (Lipinski definition) is 2. The van der Waals surface area contributed by atoms with Crippen LogP contribution < -0.4 is 14.8 Å². The highest BCUT2D eigenvalue weighted by Crippen LogP contribution is 2.37. The summed E-state index contributed by atoms with van der Waals surface area (Å²) in [4.78, 5) is 7.68. The van der Waals surface area contributed by atoms with Gasteiger partial charge in [0.15, 0.2) is 0 Å². The van der Waals surface area contributed by atoms with Crippen LogP contribution in [-0.4, -0.2) is 24.2 Å². The maximum Gasteiger partial charge on any atom is 0.145 e. The van der Waals surface area contributed by atoms with Crippen LogP contribution >= 0.6 is 0 Å². The topological polar surface area (TPSA) is 59.2 Å². The minimum atomic E-state index is -0.0681. The molecule has 0 bridgehead atoms. The number of aromatic nitrogens is 2. The van der Waals surface area contributed by atoms with Crippen molar-refractivity contribution in [1.29, 1.82) is 0 Å². The van der Waals surface area contributed by atoms with Crippen molar-refractivity contribution in [2.24, 2.45) is 0 Å². The van der Waals surface area contributed by atoms with E-state index in [0.717, 1.165) is 34.0 Å². The van der Waals surface area contributed by atoms with Gasteiger partial charge in [0, 0.05) is 40.6 Å². The Hall–Kier alpha value is -3.47. The molecule has 4 aromatic rings. The van der Waals surface area contributed by atoms with Crippen molar-refractivity contribution < 1.29 is 9.47 Å². The number of para-hydroxylation sites is 1. The zero-order valence-electron chi connectivity index (χ0n) is 16.2. The number of rotatable bonds is 6. The van der Waals surface area contributed by atoms with E-state index in [1.807, 2.05) is 48.8 Å². The number of methoxy groups -OCH3 is 2. The monoisotopic (exact) mass is 373 g/mol. The second kappa shape index (κ2) is 7.64. The predicted octanol–water partition coefficient (Wildman–Crippen LogP) is 5.09. The molecule has 0 spiro atoms. The first-order valence-corrected chi connectivity index (χ1v) is 9.17. The lowest BCUT2D eigenvalue weighted by atomic mass is 9.96. The van der Waals surface area contributed by atoms with Gasteiger partial charge in [-0.15, -0.1) is 0 Å². The summed E-state index contributed by atoms with van der Waals surface area (Å²) in [5.41, 5.74) is 5.48. The Balaban J connectivity index is 1.85. The van der Waals surface area contributed by atoms with Gasteiger partial charge in [0.1, 0.15) is 11.5 Å². The molecule has 0 aliphatic rings. The van der Waals surface area contributed by atoms with E-state index < -0.39 is 0 Å². The lowest BCUT2D eigenvalue weighted by Crippen LogP contribution is -2.14. The van der Waals surface area contributed by atoms with Crippen LogP contribution in [0.15, 0.2) is 67.0 Å². The van der Waals surface area contributed by atoms with E-state index >= 15 is 0 Å². The van der Waals surface area contributed by atoms with Gasteiger partial charge in [0.2, 0.25) is 0 Å². The highest BCUT2D eigenvalue weighted by Gasteiger charge is 2.22. The van der Waals surface area contributed by atoms with Crippen LogP contribution in [0.5, 0.6) is 11.5 Å². The highest BCUT2D eigenvalue weighted by molar-refractivity contribution is 5.86. The summed E-state index contributed by atoms with van der Waals surface area (Å²) in [6, 6.07) is 18.2. The van der Waals surface area contributed by atoms with E-state index in [9.17, 15) is 0 Å². The lowest BCUT2D eigenvalue weighted by molar-refractivity contribution is 0.395. The van der Waals surface area contributed by atoms with Gasteiger partial charge in [-0.05, 0) is 42.8 Å². The number of aryl methyl sites for hydroxylation is 1. The van der Waals surface area contributed by atoms with Crippen molar-refractivity contribution in [3.05, 3.63) is 83.8 Å². The van der Waals surface area contributed by atoms with Crippen molar-refractivity contribution in [2.75, 3.05) is 19.5 Å². The van der Waals surface area contributed by atoms with Crippen LogP contribution in [0.1, 0.15) is 22.9 Å². The third kappa shape index (κ3) is 3.27. The van der Waals surface area contributed by atoms with Gasteiger partial charge in [-0.2, -0.15) is 0 Å². The number of nitrogens with zero attached hydrogens (tertiary/aromatic N) is 1. The van der Waals surface area contributed by atoms with Gasteiger partial charge in [-0.25, -0.2) is 0 Å². The molecule has 2 aromatic heterocycles. The number of H-pyrrole nitrogens is 1. The summed E-state index contributed by atoms with van der Waals surface area (Å²) in [5, 5.41) is 4.87. The zero-order valence-corrected chi connectivity index (χ0v) is 16.2. The van der Waals surface area contributed by atoms with Crippen LogP contribution in [0.4, 0.5) is 5.69 Å². The fourth-order valence-corrected chi connectivity index (χ4v) is 3.62. The molecule has 0 aliphatic heterocycles. The number of anilines is 1. The fraction of sp³-hybridized carbons (Fsp3) is 0.174. The van der Waals surface area contributed by atoms with Gasteiger partial charge >= 0.3 is 0 Å². The first-order valence-electron chi connectivity index (χ1n) is 9.17.